The van der Waals surface area contributed by atoms with E-state index in [4.69, 9.17) is 4.42 Å². The summed E-state index contributed by atoms with van der Waals surface area (Å²) in [6, 6.07) is 5.80. The van der Waals surface area contributed by atoms with E-state index in [9.17, 15) is 18.3 Å². The maximum atomic E-state index is 12.3. The Morgan fingerprint density at radius 2 is 1.88 bits per heavy atom. The number of rotatable bonds is 6. The van der Waals surface area contributed by atoms with Gasteiger partial charge < -0.3 is 25.1 Å². The number of furan rings is 1. The Labute approximate surface area is 192 Å². The number of hydrogen-bond donors (Lipinski definition) is 3. The zero-order chi connectivity index (χ0) is 24.5. The van der Waals surface area contributed by atoms with Crippen molar-refractivity contribution < 1.29 is 22.7 Å². The van der Waals surface area contributed by atoms with Crippen LogP contribution in [-0.4, -0.2) is 50.1 Å². The van der Waals surface area contributed by atoms with Crippen molar-refractivity contribution in [3.8, 4) is 5.75 Å². The largest absolute Gasteiger partial charge is 0.505 e. The van der Waals surface area contributed by atoms with Crippen LogP contribution in [0.2, 0.25) is 0 Å². The van der Waals surface area contributed by atoms with Crippen LogP contribution in [0.15, 0.2) is 55.9 Å². The summed E-state index contributed by atoms with van der Waals surface area (Å²) in [5, 5.41) is 16.4. The van der Waals surface area contributed by atoms with Crippen LogP contribution < -0.4 is 10.6 Å². The van der Waals surface area contributed by atoms with Crippen LogP contribution in [0.1, 0.15) is 54.4 Å². The summed E-state index contributed by atoms with van der Waals surface area (Å²) in [5.74, 6) is -0.178. The van der Waals surface area contributed by atoms with Gasteiger partial charge in [-0.15, -0.1) is 8.80 Å². The first-order chi connectivity index (χ1) is 15.4. The number of para-hydroxylation sites is 1. The maximum Gasteiger partial charge on any atom is 0.367 e. The Hall–Kier alpha value is -3.60. The minimum Gasteiger partial charge on any atom is -0.505 e. The number of aromatic hydroxyl groups is 1. The SMILES string of the molecule is C=C(C)[C@@H](NC1=NS(=O)(=O)N=C1Nc1cccc(C(=O)N(C)C)c1O)c1cc(C(C)C)co1. The Balaban J connectivity index is 1.92. The smallest absolute Gasteiger partial charge is 0.367 e. The first-order valence-electron chi connectivity index (χ1n) is 10.2. The zero-order valence-corrected chi connectivity index (χ0v) is 19.9. The third-order valence-electron chi connectivity index (χ3n) is 4.93. The molecule has 33 heavy (non-hydrogen) atoms. The molecule has 0 fully saturated rings. The van der Waals surface area contributed by atoms with Gasteiger partial charge in [-0.05, 0) is 36.6 Å². The normalized spacial score (nSPS) is 15.6. The molecule has 10 nitrogen and oxygen atoms in total. The number of carbonyl (C=O) groups is 1. The van der Waals surface area contributed by atoms with Gasteiger partial charge in [-0.2, -0.15) is 8.42 Å². The monoisotopic (exact) mass is 473 g/mol. The number of amidine groups is 2. The Morgan fingerprint density at radius 1 is 1.21 bits per heavy atom. The number of phenolic OH excluding ortho intramolecular Hbond substituents is 1. The fraction of sp³-hybridized carbons (Fsp3) is 0.318. The maximum absolute atomic E-state index is 12.3. The minimum atomic E-state index is -4.15. The average molecular weight is 474 g/mol. The van der Waals surface area contributed by atoms with Gasteiger partial charge in [0.05, 0.1) is 17.5 Å². The van der Waals surface area contributed by atoms with Gasteiger partial charge in [-0.3, -0.25) is 4.79 Å². The lowest BCUT2D eigenvalue weighted by molar-refractivity contribution is 0.0824. The van der Waals surface area contributed by atoms with Gasteiger partial charge in [0.1, 0.15) is 11.8 Å². The number of amides is 1. The Morgan fingerprint density at radius 3 is 2.45 bits per heavy atom. The predicted octanol–water partition coefficient (Wildman–Crippen LogP) is 3.18. The molecule has 3 N–H and O–H groups in total. The molecule has 0 bridgehead atoms. The van der Waals surface area contributed by atoms with Gasteiger partial charge in [0.2, 0.25) is 0 Å². The van der Waals surface area contributed by atoms with Crippen molar-refractivity contribution in [2.24, 2.45) is 8.80 Å². The van der Waals surface area contributed by atoms with E-state index in [-0.39, 0.29) is 34.6 Å². The highest BCUT2D eigenvalue weighted by atomic mass is 32.2. The molecule has 1 aliphatic heterocycles. The van der Waals surface area contributed by atoms with E-state index in [1.807, 2.05) is 19.9 Å². The molecule has 1 aromatic heterocycles. The van der Waals surface area contributed by atoms with Crippen molar-refractivity contribution in [3.05, 3.63) is 59.6 Å². The van der Waals surface area contributed by atoms with Crippen LogP contribution in [0.5, 0.6) is 5.75 Å². The third-order valence-corrected chi connectivity index (χ3v) is 5.75. The average Bonchev–Trinajstić information content (AvgIpc) is 3.31. The van der Waals surface area contributed by atoms with Crippen LogP contribution in [0.4, 0.5) is 5.69 Å². The molecule has 0 aliphatic carbocycles. The molecule has 1 aromatic carbocycles. The fourth-order valence-corrected chi connectivity index (χ4v) is 3.87. The third kappa shape index (κ3) is 5.25. The lowest BCUT2D eigenvalue weighted by atomic mass is 10.0. The molecule has 0 unspecified atom stereocenters. The summed E-state index contributed by atoms with van der Waals surface area (Å²) < 4.78 is 37.3. The number of phenols is 1. The van der Waals surface area contributed by atoms with Crippen molar-refractivity contribution in [1.82, 2.24) is 10.2 Å². The van der Waals surface area contributed by atoms with E-state index in [1.54, 1.807) is 33.3 Å². The van der Waals surface area contributed by atoms with E-state index < -0.39 is 22.2 Å². The topological polar surface area (TPSA) is 137 Å². The summed E-state index contributed by atoms with van der Waals surface area (Å²) in [4.78, 5) is 13.6. The van der Waals surface area contributed by atoms with Crippen molar-refractivity contribution in [2.45, 2.75) is 32.7 Å². The van der Waals surface area contributed by atoms with Gasteiger partial charge in [-0.25, -0.2) is 0 Å². The molecular weight excluding hydrogens is 446 g/mol. The van der Waals surface area contributed by atoms with Crippen molar-refractivity contribution in [3.63, 3.8) is 0 Å². The number of nitrogens with one attached hydrogen (secondary N) is 2. The quantitative estimate of drug-likeness (QED) is 0.433. The summed E-state index contributed by atoms with van der Waals surface area (Å²) in [7, 11) is -1.03. The second-order valence-electron chi connectivity index (χ2n) is 8.21. The predicted molar refractivity (Wildman–Crippen MR) is 127 cm³/mol. The van der Waals surface area contributed by atoms with E-state index in [1.165, 1.54) is 17.0 Å². The summed E-state index contributed by atoms with van der Waals surface area (Å²) in [5.41, 5.74) is 1.79. The van der Waals surface area contributed by atoms with Gasteiger partial charge in [0.15, 0.2) is 17.4 Å². The highest BCUT2D eigenvalue weighted by Gasteiger charge is 2.29. The number of nitrogens with zero attached hydrogens (tertiary/aromatic N) is 3. The van der Waals surface area contributed by atoms with Crippen LogP contribution in [0.3, 0.4) is 0 Å². The summed E-state index contributed by atoms with van der Waals surface area (Å²) in [6.45, 7) is 9.79. The first kappa shape index (κ1) is 24.1. The van der Waals surface area contributed by atoms with Crippen LogP contribution in [-0.2, 0) is 10.2 Å². The van der Waals surface area contributed by atoms with E-state index in [0.29, 0.717) is 11.3 Å². The number of benzene rings is 1. The molecular formula is C22H27N5O5S. The lowest BCUT2D eigenvalue weighted by Gasteiger charge is -2.19. The summed E-state index contributed by atoms with van der Waals surface area (Å²) in [6.07, 6.45) is 1.64. The molecule has 1 atom stereocenters. The Kier molecular flexibility index (Phi) is 6.63. The molecule has 0 saturated carbocycles. The van der Waals surface area contributed by atoms with E-state index in [2.05, 4.69) is 26.0 Å². The number of anilines is 1. The van der Waals surface area contributed by atoms with Crippen molar-refractivity contribution >= 4 is 33.5 Å². The second kappa shape index (κ2) is 9.10. The van der Waals surface area contributed by atoms with Crippen molar-refractivity contribution in [1.29, 1.82) is 0 Å². The molecule has 176 valence electrons. The van der Waals surface area contributed by atoms with Gasteiger partial charge >= 0.3 is 10.2 Å². The highest BCUT2D eigenvalue weighted by molar-refractivity contribution is 7.89. The zero-order valence-electron chi connectivity index (χ0n) is 19.1. The van der Waals surface area contributed by atoms with Crippen LogP contribution in [0.25, 0.3) is 0 Å². The number of hydrogen-bond acceptors (Lipinski definition) is 7. The first-order valence-corrected chi connectivity index (χ1v) is 11.6. The van der Waals surface area contributed by atoms with Crippen LogP contribution in [0, 0.1) is 0 Å². The molecule has 0 saturated heterocycles. The van der Waals surface area contributed by atoms with Crippen molar-refractivity contribution in [2.75, 3.05) is 19.4 Å². The Bertz CT molecular complexity index is 1260. The molecule has 2 aromatic rings. The highest BCUT2D eigenvalue weighted by Crippen LogP contribution is 2.30. The molecule has 0 spiro atoms. The standard InChI is InChI=1S/C22H27N5O5S/c1-12(2)14-10-17(32-11-14)18(13(3)4)24-21-20(25-33(30,31)26-21)23-16-9-7-8-15(19(16)28)22(29)27(5)6/h7-12,18,28H,3H2,1-2,4-6H3,(H,23,25)(H,24,26)/t18-/m1/s1. The van der Waals surface area contributed by atoms with Crippen LogP contribution >= 0.6 is 0 Å². The van der Waals surface area contributed by atoms with Gasteiger partial charge in [-0.1, -0.05) is 32.1 Å². The van der Waals surface area contributed by atoms with Gasteiger partial charge in [0.25, 0.3) is 5.91 Å². The molecule has 2 heterocycles. The minimum absolute atomic E-state index is 0.0505. The molecule has 1 aliphatic rings. The summed E-state index contributed by atoms with van der Waals surface area (Å²) >= 11 is 0. The van der Waals surface area contributed by atoms with Gasteiger partial charge in [0, 0.05) is 14.1 Å². The molecule has 0 radical (unpaired) electrons. The molecule has 3 rings (SSSR count). The second-order valence-corrected chi connectivity index (χ2v) is 9.48. The number of carbonyl (C=O) groups excluding carboxylic acids is 1. The molecule has 1 amide bonds. The van der Waals surface area contributed by atoms with E-state index >= 15 is 0 Å². The molecule has 11 heteroatoms. The fourth-order valence-electron chi connectivity index (χ4n) is 3.10. The lowest BCUT2D eigenvalue weighted by Crippen LogP contribution is -2.37. The van der Waals surface area contributed by atoms with E-state index in [0.717, 1.165) is 5.56 Å².